The van der Waals surface area contributed by atoms with Gasteiger partial charge in [-0.25, -0.2) is 4.99 Å². The lowest BCUT2D eigenvalue weighted by molar-refractivity contribution is -0.132. The average Bonchev–Trinajstić information content (AvgIpc) is 1.98. The van der Waals surface area contributed by atoms with Crippen molar-refractivity contribution in [3.63, 3.8) is 0 Å². The molecule has 0 aliphatic rings. The molecule has 0 aliphatic heterocycles. The molecule has 0 bridgehead atoms. The highest BCUT2D eigenvalue weighted by atomic mass is 32.1. The summed E-state index contributed by atoms with van der Waals surface area (Å²) in [6.45, 7) is 2.90. The minimum atomic E-state index is -0.644. The molecular weight excluding hydrogens is 150 g/mol. The zero-order valence-electron chi connectivity index (χ0n) is 5.16. The Bertz CT molecular complexity index is 216. The van der Waals surface area contributed by atoms with E-state index in [1.54, 1.807) is 0 Å². The van der Waals surface area contributed by atoms with E-state index in [2.05, 4.69) is 23.8 Å². The van der Waals surface area contributed by atoms with Crippen LogP contribution in [0.1, 0.15) is 0 Å². The van der Waals surface area contributed by atoms with Gasteiger partial charge in [0.2, 0.25) is 11.6 Å². The maximum Gasteiger partial charge on any atom is 0.224 e. The molecule has 0 amide bonds. The number of rotatable bonds is 4. The van der Waals surface area contributed by atoms with Crippen molar-refractivity contribution in [2.45, 2.75) is 0 Å². The lowest BCUT2D eigenvalue weighted by Gasteiger charge is -1.84. The van der Waals surface area contributed by atoms with Gasteiger partial charge in [-0.3, -0.25) is 9.59 Å². The predicted octanol–water partition coefficient (Wildman–Crippen LogP) is 0.413. The second-order valence-electron chi connectivity index (χ2n) is 1.40. The van der Waals surface area contributed by atoms with Crippen LogP contribution >= 0.6 is 12.2 Å². The van der Waals surface area contributed by atoms with Gasteiger partial charge < -0.3 is 0 Å². The fourth-order valence-electron chi connectivity index (χ4n) is 0.296. The summed E-state index contributed by atoms with van der Waals surface area (Å²) < 4.78 is 0. The minimum Gasteiger partial charge on any atom is -0.288 e. The minimum absolute atomic E-state index is 0.228. The Morgan fingerprint density at radius 1 is 1.70 bits per heavy atom. The molecule has 0 saturated heterocycles. The number of carbonyl (C=O) groups is 2. The second kappa shape index (κ2) is 4.73. The van der Waals surface area contributed by atoms with Gasteiger partial charge in [-0.15, -0.1) is 0 Å². The van der Waals surface area contributed by atoms with Crippen LogP contribution in [0.2, 0.25) is 0 Å². The summed E-state index contributed by atoms with van der Waals surface area (Å²) in [5.74, 6) is -1.26. The quantitative estimate of drug-likeness (QED) is 0.256. The number of isothiocyanates is 1. The first kappa shape index (κ1) is 8.88. The van der Waals surface area contributed by atoms with Crippen molar-refractivity contribution in [1.82, 2.24) is 0 Å². The number of hydrogen-bond donors (Lipinski definition) is 0. The zero-order chi connectivity index (χ0) is 7.98. The third kappa shape index (κ3) is 3.02. The number of aliphatic imine (C=N–C) groups is 1. The highest BCUT2D eigenvalue weighted by Gasteiger charge is 2.06. The Balaban J connectivity index is 3.97. The summed E-state index contributed by atoms with van der Waals surface area (Å²) in [7, 11) is 0. The fourth-order valence-corrected chi connectivity index (χ4v) is 0.360. The Hall–Kier alpha value is -1.12. The van der Waals surface area contributed by atoms with E-state index < -0.39 is 11.6 Å². The molecule has 0 rings (SSSR count). The molecule has 0 saturated carbocycles. The van der Waals surface area contributed by atoms with Gasteiger partial charge in [-0.2, -0.15) is 0 Å². The first-order chi connectivity index (χ1) is 4.72. The van der Waals surface area contributed by atoms with Gasteiger partial charge in [-0.1, -0.05) is 6.58 Å². The molecule has 52 valence electrons. The molecule has 0 fully saturated rings. The van der Waals surface area contributed by atoms with Crippen molar-refractivity contribution in [1.29, 1.82) is 0 Å². The number of carbonyl (C=O) groups excluding carboxylic acids is 2. The highest BCUT2D eigenvalue weighted by molar-refractivity contribution is 7.78. The van der Waals surface area contributed by atoms with E-state index in [1.807, 2.05) is 5.16 Å². The molecule has 0 radical (unpaired) electrons. The van der Waals surface area contributed by atoms with E-state index >= 15 is 0 Å². The largest absolute Gasteiger partial charge is 0.288 e. The molecule has 0 spiro atoms. The second-order valence-corrected chi connectivity index (χ2v) is 1.58. The summed E-state index contributed by atoms with van der Waals surface area (Å²) in [6, 6.07) is 0. The van der Waals surface area contributed by atoms with Gasteiger partial charge in [0.15, 0.2) is 0 Å². The zero-order valence-corrected chi connectivity index (χ0v) is 5.98. The molecule has 0 aliphatic carbocycles. The molecule has 0 aromatic rings. The van der Waals surface area contributed by atoms with Gasteiger partial charge >= 0.3 is 0 Å². The summed E-state index contributed by atoms with van der Waals surface area (Å²) in [5, 5.41) is 1.98. The van der Waals surface area contributed by atoms with Crippen molar-refractivity contribution in [2.24, 2.45) is 4.99 Å². The summed E-state index contributed by atoms with van der Waals surface area (Å²) in [5.41, 5.74) is 0. The molecule has 0 N–H and O–H groups in total. The maximum absolute atomic E-state index is 10.5. The first-order valence-corrected chi connectivity index (χ1v) is 2.86. The Morgan fingerprint density at radius 3 is 2.70 bits per heavy atom. The van der Waals surface area contributed by atoms with Crippen LogP contribution in [0.5, 0.6) is 0 Å². The lowest BCUT2D eigenvalue weighted by Crippen LogP contribution is -2.13. The molecule has 0 aromatic heterocycles. The fraction of sp³-hybridized carbons (Fsp3) is 0.167. The number of nitrogens with zero attached hydrogens (tertiary/aromatic N) is 1. The third-order valence-electron chi connectivity index (χ3n) is 0.747. The predicted molar refractivity (Wildman–Crippen MR) is 40.1 cm³/mol. The molecule has 3 nitrogen and oxygen atoms in total. The van der Waals surface area contributed by atoms with E-state index in [-0.39, 0.29) is 6.54 Å². The smallest absolute Gasteiger partial charge is 0.224 e. The van der Waals surface area contributed by atoms with E-state index in [0.29, 0.717) is 0 Å². The van der Waals surface area contributed by atoms with Crippen molar-refractivity contribution < 1.29 is 9.59 Å². The van der Waals surface area contributed by atoms with Crippen LogP contribution in [-0.4, -0.2) is 23.3 Å². The van der Waals surface area contributed by atoms with Crippen LogP contribution in [0.4, 0.5) is 0 Å². The van der Waals surface area contributed by atoms with Crippen LogP contribution in [0.25, 0.3) is 0 Å². The van der Waals surface area contributed by atoms with E-state index in [0.717, 1.165) is 6.08 Å². The van der Waals surface area contributed by atoms with Gasteiger partial charge in [0.1, 0.15) is 6.54 Å². The van der Waals surface area contributed by atoms with Crippen molar-refractivity contribution >= 4 is 28.9 Å². The average molecular weight is 155 g/mol. The Kier molecular flexibility index (Phi) is 4.20. The van der Waals surface area contributed by atoms with Crippen LogP contribution in [-0.2, 0) is 9.59 Å². The van der Waals surface area contributed by atoms with Crippen molar-refractivity contribution in [3.05, 3.63) is 12.7 Å². The topological polar surface area (TPSA) is 46.5 Å². The van der Waals surface area contributed by atoms with Crippen molar-refractivity contribution in [3.8, 4) is 0 Å². The Morgan fingerprint density at radius 2 is 2.30 bits per heavy atom. The van der Waals surface area contributed by atoms with Gasteiger partial charge in [0.05, 0.1) is 5.16 Å². The van der Waals surface area contributed by atoms with Crippen molar-refractivity contribution in [2.75, 3.05) is 6.54 Å². The molecule has 4 heteroatoms. The number of thiocarbonyl (C=S) groups is 1. The number of ketones is 2. The third-order valence-corrected chi connectivity index (χ3v) is 0.877. The Labute approximate surface area is 63.5 Å². The summed E-state index contributed by atoms with van der Waals surface area (Å²) in [6.07, 6.45) is 0.946. The standard InChI is InChI=1S/C6H5NO2S/c1-2-5(8)6(9)3-7-4-10/h2H,1,3H2. The summed E-state index contributed by atoms with van der Waals surface area (Å²) in [4.78, 5) is 24.2. The highest BCUT2D eigenvalue weighted by Crippen LogP contribution is 1.78. The SMILES string of the molecule is C=CC(=O)C(=O)CN=C=S. The number of Topliss-reactive ketones (excluding diaryl/α,β-unsaturated/α-hetero) is 1. The molecule has 0 heterocycles. The monoisotopic (exact) mass is 155 g/mol. The van der Waals surface area contributed by atoms with Crippen LogP contribution in [0.15, 0.2) is 17.6 Å². The molecule has 0 unspecified atom stereocenters. The normalized spacial score (nSPS) is 7.60. The molecule has 0 aromatic carbocycles. The number of allylic oxidation sites excluding steroid dienone is 1. The van der Waals surface area contributed by atoms with E-state index in [1.165, 1.54) is 0 Å². The van der Waals surface area contributed by atoms with Gasteiger partial charge in [0, 0.05) is 0 Å². The lowest BCUT2D eigenvalue weighted by atomic mass is 10.2. The maximum atomic E-state index is 10.5. The molecule has 10 heavy (non-hydrogen) atoms. The first-order valence-electron chi connectivity index (χ1n) is 2.45. The van der Waals surface area contributed by atoms with Crippen LogP contribution in [0.3, 0.4) is 0 Å². The van der Waals surface area contributed by atoms with E-state index in [9.17, 15) is 9.59 Å². The van der Waals surface area contributed by atoms with Gasteiger partial charge in [0.25, 0.3) is 0 Å². The summed E-state index contributed by atoms with van der Waals surface area (Å²) >= 11 is 4.19. The molecule has 0 atom stereocenters. The van der Waals surface area contributed by atoms with E-state index in [4.69, 9.17) is 0 Å². The molecular formula is C6H5NO2S. The van der Waals surface area contributed by atoms with Gasteiger partial charge in [-0.05, 0) is 18.3 Å². The number of hydrogen-bond acceptors (Lipinski definition) is 4. The van der Waals surface area contributed by atoms with Crippen LogP contribution < -0.4 is 0 Å². The van der Waals surface area contributed by atoms with Crippen LogP contribution in [0, 0.1) is 0 Å².